The Balaban J connectivity index is 2.47. The minimum absolute atomic E-state index is 0.781. The predicted molar refractivity (Wildman–Crippen MR) is 58.5 cm³/mol. The van der Waals surface area contributed by atoms with Gasteiger partial charge in [0, 0.05) is 16.8 Å². The van der Waals surface area contributed by atoms with Gasteiger partial charge in [-0.25, -0.2) is 4.98 Å². The quantitative estimate of drug-likeness (QED) is 0.762. The number of aromatic nitrogens is 2. The Kier molecular flexibility index (Phi) is 2.30. The largest absolute Gasteiger partial charge is 0.348 e. The van der Waals surface area contributed by atoms with Crippen LogP contribution in [-0.2, 0) is 0 Å². The van der Waals surface area contributed by atoms with Crippen LogP contribution in [0.2, 0.25) is 5.02 Å². The van der Waals surface area contributed by atoms with Crippen LogP contribution in [0, 0.1) is 13.8 Å². The lowest BCUT2D eigenvalue weighted by atomic mass is 10.1. The number of imidazole rings is 1. The molecule has 1 aromatic carbocycles. The normalized spacial score (nSPS) is 10.5. The van der Waals surface area contributed by atoms with Crippen molar-refractivity contribution in [3.05, 3.63) is 40.8 Å². The molecule has 14 heavy (non-hydrogen) atoms. The van der Waals surface area contributed by atoms with Gasteiger partial charge in [0.25, 0.3) is 0 Å². The van der Waals surface area contributed by atoms with Crippen LogP contribution >= 0.6 is 11.6 Å². The van der Waals surface area contributed by atoms with Crippen LogP contribution in [-0.4, -0.2) is 9.97 Å². The van der Waals surface area contributed by atoms with Crippen molar-refractivity contribution in [3.8, 4) is 11.3 Å². The van der Waals surface area contributed by atoms with E-state index in [1.54, 1.807) is 0 Å². The summed E-state index contributed by atoms with van der Waals surface area (Å²) >= 11 is 6.03. The van der Waals surface area contributed by atoms with Crippen molar-refractivity contribution in [1.82, 2.24) is 9.97 Å². The molecule has 0 aliphatic carbocycles. The van der Waals surface area contributed by atoms with Gasteiger partial charge in [-0.15, -0.1) is 0 Å². The number of nitrogens with one attached hydrogen (secondary N) is 1. The molecule has 0 aliphatic heterocycles. The van der Waals surface area contributed by atoms with E-state index in [0.29, 0.717) is 0 Å². The van der Waals surface area contributed by atoms with E-state index < -0.39 is 0 Å². The van der Waals surface area contributed by atoms with Crippen LogP contribution in [0.5, 0.6) is 0 Å². The van der Waals surface area contributed by atoms with Gasteiger partial charge in [0.05, 0.1) is 5.69 Å². The zero-order valence-corrected chi connectivity index (χ0v) is 8.89. The number of hydrogen-bond acceptors (Lipinski definition) is 1. The summed E-state index contributed by atoms with van der Waals surface area (Å²) in [6, 6.07) is 5.96. The monoisotopic (exact) mass is 206 g/mol. The number of H-pyrrole nitrogens is 1. The van der Waals surface area contributed by atoms with Crippen molar-refractivity contribution in [2.45, 2.75) is 13.8 Å². The first-order valence-corrected chi connectivity index (χ1v) is 4.83. The molecular formula is C11H11ClN2. The summed E-state index contributed by atoms with van der Waals surface area (Å²) in [5.74, 6) is 0.914. The van der Waals surface area contributed by atoms with Gasteiger partial charge in [0.15, 0.2) is 0 Å². The van der Waals surface area contributed by atoms with E-state index in [1.165, 1.54) is 0 Å². The highest BCUT2D eigenvalue weighted by atomic mass is 35.5. The molecule has 2 rings (SSSR count). The van der Waals surface area contributed by atoms with Crippen molar-refractivity contribution in [1.29, 1.82) is 0 Å². The average molecular weight is 207 g/mol. The summed E-state index contributed by atoms with van der Waals surface area (Å²) in [6.45, 7) is 3.92. The standard InChI is InChI=1S/C11H11ClN2/c1-7-3-4-9(5-10(7)12)11-6-13-8(2)14-11/h3-6H,1-2H3,(H,13,14). The molecule has 72 valence electrons. The Bertz CT molecular complexity index is 460. The zero-order chi connectivity index (χ0) is 10.1. The molecule has 0 aliphatic rings. The number of aromatic amines is 1. The Morgan fingerprint density at radius 2 is 2.07 bits per heavy atom. The van der Waals surface area contributed by atoms with E-state index in [0.717, 1.165) is 27.7 Å². The first-order valence-electron chi connectivity index (χ1n) is 4.45. The molecule has 0 saturated carbocycles. The summed E-state index contributed by atoms with van der Waals surface area (Å²) in [5, 5.41) is 0.781. The van der Waals surface area contributed by atoms with Gasteiger partial charge in [-0.2, -0.15) is 0 Å². The van der Waals surface area contributed by atoms with Crippen molar-refractivity contribution in [3.63, 3.8) is 0 Å². The smallest absolute Gasteiger partial charge is 0.103 e. The van der Waals surface area contributed by atoms with Crippen molar-refractivity contribution in [2.24, 2.45) is 0 Å². The molecule has 1 aromatic heterocycles. The van der Waals surface area contributed by atoms with Gasteiger partial charge in [-0.3, -0.25) is 0 Å². The highest BCUT2D eigenvalue weighted by molar-refractivity contribution is 6.31. The molecule has 0 bridgehead atoms. The van der Waals surface area contributed by atoms with Crippen LogP contribution in [0.3, 0.4) is 0 Å². The third-order valence-electron chi connectivity index (χ3n) is 2.17. The molecular weight excluding hydrogens is 196 g/mol. The highest BCUT2D eigenvalue weighted by Gasteiger charge is 2.03. The van der Waals surface area contributed by atoms with Crippen LogP contribution in [0.15, 0.2) is 24.4 Å². The molecule has 3 heteroatoms. The lowest BCUT2D eigenvalue weighted by Gasteiger charge is -2.00. The molecule has 2 nitrogen and oxygen atoms in total. The lowest BCUT2D eigenvalue weighted by Crippen LogP contribution is -1.80. The first-order chi connectivity index (χ1) is 6.66. The SMILES string of the molecule is Cc1nc(-c2ccc(C)c(Cl)c2)c[nH]1. The minimum Gasteiger partial charge on any atom is -0.348 e. The number of aryl methyl sites for hydroxylation is 2. The second kappa shape index (κ2) is 3.46. The lowest BCUT2D eigenvalue weighted by molar-refractivity contribution is 1.15. The van der Waals surface area contributed by atoms with E-state index in [1.807, 2.05) is 38.2 Å². The van der Waals surface area contributed by atoms with Crippen LogP contribution in [0.1, 0.15) is 11.4 Å². The van der Waals surface area contributed by atoms with E-state index in [2.05, 4.69) is 9.97 Å². The van der Waals surface area contributed by atoms with E-state index in [9.17, 15) is 0 Å². The van der Waals surface area contributed by atoms with Crippen LogP contribution in [0.4, 0.5) is 0 Å². The first kappa shape index (κ1) is 9.28. The number of rotatable bonds is 1. The topological polar surface area (TPSA) is 28.7 Å². The Labute approximate surface area is 88.0 Å². The molecule has 0 saturated heterocycles. The summed E-state index contributed by atoms with van der Waals surface area (Å²) in [6.07, 6.45) is 1.89. The molecule has 2 aromatic rings. The molecule has 0 spiro atoms. The fourth-order valence-corrected chi connectivity index (χ4v) is 1.50. The second-order valence-electron chi connectivity index (χ2n) is 3.34. The fourth-order valence-electron chi connectivity index (χ4n) is 1.32. The molecule has 0 unspecified atom stereocenters. The van der Waals surface area contributed by atoms with Gasteiger partial charge in [0.2, 0.25) is 0 Å². The zero-order valence-electron chi connectivity index (χ0n) is 8.13. The van der Waals surface area contributed by atoms with Crippen LogP contribution in [0.25, 0.3) is 11.3 Å². The Morgan fingerprint density at radius 1 is 1.29 bits per heavy atom. The maximum absolute atomic E-state index is 6.03. The van der Waals surface area contributed by atoms with Gasteiger partial charge in [-0.1, -0.05) is 23.7 Å². The molecule has 0 fully saturated rings. The summed E-state index contributed by atoms with van der Waals surface area (Å²) < 4.78 is 0. The molecule has 1 heterocycles. The van der Waals surface area contributed by atoms with Gasteiger partial charge >= 0.3 is 0 Å². The molecule has 0 radical (unpaired) electrons. The fraction of sp³-hybridized carbons (Fsp3) is 0.182. The molecule has 1 N–H and O–H groups in total. The Morgan fingerprint density at radius 3 is 2.64 bits per heavy atom. The number of nitrogens with zero attached hydrogens (tertiary/aromatic N) is 1. The minimum atomic E-state index is 0.781. The van der Waals surface area contributed by atoms with Crippen molar-refractivity contribution in [2.75, 3.05) is 0 Å². The highest BCUT2D eigenvalue weighted by Crippen LogP contribution is 2.23. The number of benzene rings is 1. The van der Waals surface area contributed by atoms with Crippen LogP contribution < -0.4 is 0 Å². The summed E-state index contributed by atoms with van der Waals surface area (Å²) in [5.41, 5.74) is 3.07. The van der Waals surface area contributed by atoms with E-state index in [-0.39, 0.29) is 0 Å². The van der Waals surface area contributed by atoms with Crippen molar-refractivity contribution >= 4 is 11.6 Å². The maximum Gasteiger partial charge on any atom is 0.103 e. The number of hydrogen-bond donors (Lipinski definition) is 1. The average Bonchev–Trinajstić information content (AvgIpc) is 2.57. The van der Waals surface area contributed by atoms with E-state index >= 15 is 0 Å². The summed E-state index contributed by atoms with van der Waals surface area (Å²) in [7, 11) is 0. The third kappa shape index (κ3) is 1.66. The van der Waals surface area contributed by atoms with Gasteiger partial charge in [-0.05, 0) is 25.5 Å². The number of halogens is 1. The molecule has 0 atom stereocenters. The summed E-state index contributed by atoms with van der Waals surface area (Å²) in [4.78, 5) is 7.38. The van der Waals surface area contributed by atoms with E-state index in [4.69, 9.17) is 11.6 Å². The predicted octanol–water partition coefficient (Wildman–Crippen LogP) is 3.35. The maximum atomic E-state index is 6.03. The Hall–Kier alpha value is -1.28. The van der Waals surface area contributed by atoms with Gasteiger partial charge < -0.3 is 4.98 Å². The molecule has 0 amide bonds. The second-order valence-corrected chi connectivity index (χ2v) is 3.74. The van der Waals surface area contributed by atoms with Gasteiger partial charge in [0.1, 0.15) is 5.82 Å². The van der Waals surface area contributed by atoms with Crippen molar-refractivity contribution < 1.29 is 0 Å². The third-order valence-corrected chi connectivity index (χ3v) is 2.58.